The Morgan fingerprint density at radius 3 is 2.87 bits per heavy atom. The molecule has 2 heterocycles. The van der Waals surface area contributed by atoms with Crippen LogP contribution < -0.4 is 5.73 Å². The van der Waals surface area contributed by atoms with Gasteiger partial charge in [-0.15, -0.1) is 12.4 Å². The topological polar surface area (TPSA) is 64.2 Å². The zero-order valence-corrected chi connectivity index (χ0v) is 14.1. The molecule has 1 saturated carbocycles. The molecule has 124 valence electrons. The molecule has 1 aromatic carbocycles. The highest BCUT2D eigenvalue weighted by Gasteiger charge is 2.43. The van der Waals surface area contributed by atoms with Crippen LogP contribution in [0.3, 0.4) is 0 Å². The Morgan fingerprint density at radius 2 is 2.09 bits per heavy atom. The molecule has 2 aliphatic rings. The van der Waals surface area contributed by atoms with Crippen LogP contribution in [0.4, 0.5) is 0 Å². The van der Waals surface area contributed by atoms with Gasteiger partial charge in [0, 0.05) is 19.1 Å². The number of benzene rings is 1. The second-order valence-electron chi connectivity index (χ2n) is 6.72. The third kappa shape index (κ3) is 2.62. The summed E-state index contributed by atoms with van der Waals surface area (Å²) in [6.45, 7) is 3.65. The van der Waals surface area contributed by atoms with Gasteiger partial charge in [0.05, 0.1) is 17.4 Å². The van der Waals surface area contributed by atoms with E-state index < -0.39 is 0 Å². The van der Waals surface area contributed by atoms with E-state index in [1.165, 1.54) is 0 Å². The number of amides is 1. The van der Waals surface area contributed by atoms with Crippen molar-refractivity contribution >= 4 is 29.3 Å². The first kappa shape index (κ1) is 16.3. The first-order valence-electron chi connectivity index (χ1n) is 8.11. The molecule has 1 aliphatic carbocycles. The Balaban J connectivity index is 0.00000156. The quantitative estimate of drug-likeness (QED) is 0.915. The fourth-order valence-corrected chi connectivity index (χ4v) is 4.16. The minimum atomic E-state index is -0.220. The maximum absolute atomic E-state index is 12.9. The van der Waals surface area contributed by atoms with E-state index in [9.17, 15) is 4.79 Å². The molecule has 5 nitrogen and oxygen atoms in total. The lowest BCUT2D eigenvalue weighted by Crippen LogP contribution is -2.37. The van der Waals surface area contributed by atoms with Gasteiger partial charge in [0.2, 0.25) is 5.91 Å². The Kier molecular flexibility index (Phi) is 4.34. The Bertz CT molecular complexity index is 715. The highest BCUT2D eigenvalue weighted by Crippen LogP contribution is 2.38. The predicted octanol–water partition coefficient (Wildman–Crippen LogP) is 2.21. The van der Waals surface area contributed by atoms with Crippen molar-refractivity contribution in [3.05, 3.63) is 30.6 Å². The largest absolute Gasteiger partial charge is 0.340 e. The van der Waals surface area contributed by atoms with Crippen molar-refractivity contribution in [3.8, 4) is 0 Å². The highest BCUT2D eigenvalue weighted by atomic mass is 35.5. The molecule has 0 radical (unpaired) electrons. The molecule has 1 amide bonds. The van der Waals surface area contributed by atoms with Gasteiger partial charge in [0.15, 0.2) is 0 Å². The van der Waals surface area contributed by atoms with E-state index in [4.69, 9.17) is 5.73 Å². The molecule has 4 rings (SSSR count). The molecule has 23 heavy (non-hydrogen) atoms. The molecule has 2 aromatic rings. The van der Waals surface area contributed by atoms with Crippen LogP contribution in [0.15, 0.2) is 30.6 Å². The minimum absolute atomic E-state index is 0. The average Bonchev–Trinajstić information content (AvgIpc) is 3.21. The molecule has 6 heteroatoms. The average molecular weight is 335 g/mol. The summed E-state index contributed by atoms with van der Waals surface area (Å²) in [6.07, 6.45) is 4.05. The number of para-hydroxylation sites is 2. The third-order valence-corrected chi connectivity index (χ3v) is 5.48. The SMILES string of the molecule is CC(C(=O)N1CC2CCC(N)C2C1)n1cnc2ccccc21.Cl. The molecule has 1 saturated heterocycles. The van der Waals surface area contributed by atoms with Gasteiger partial charge in [-0.3, -0.25) is 4.79 Å². The molecule has 2 fully saturated rings. The summed E-state index contributed by atoms with van der Waals surface area (Å²) in [5.41, 5.74) is 8.12. The standard InChI is InChI=1S/C17H22N4O.ClH/c1-11(21-10-19-15-4-2-3-5-16(15)21)17(22)20-8-12-6-7-14(18)13(12)9-20;/h2-5,10-14H,6-9,18H2,1H3;1H. The molecule has 0 spiro atoms. The number of hydrogen-bond acceptors (Lipinski definition) is 3. The number of carbonyl (C=O) groups is 1. The lowest BCUT2D eigenvalue weighted by atomic mass is 9.98. The van der Waals surface area contributed by atoms with Crippen molar-refractivity contribution in [3.63, 3.8) is 0 Å². The van der Waals surface area contributed by atoms with Gasteiger partial charge < -0.3 is 15.2 Å². The van der Waals surface area contributed by atoms with E-state index in [2.05, 4.69) is 4.98 Å². The number of rotatable bonds is 2. The number of likely N-dealkylation sites (tertiary alicyclic amines) is 1. The van der Waals surface area contributed by atoms with Crippen molar-refractivity contribution < 1.29 is 4.79 Å². The van der Waals surface area contributed by atoms with Crippen molar-refractivity contribution in [2.45, 2.75) is 31.8 Å². The zero-order chi connectivity index (χ0) is 15.3. The molecule has 0 bridgehead atoms. The van der Waals surface area contributed by atoms with Crippen molar-refractivity contribution in [2.24, 2.45) is 17.6 Å². The van der Waals surface area contributed by atoms with Crippen LogP contribution in [0.5, 0.6) is 0 Å². The molecule has 1 aliphatic heterocycles. The maximum Gasteiger partial charge on any atom is 0.245 e. The maximum atomic E-state index is 12.9. The number of aromatic nitrogens is 2. The number of nitrogens with two attached hydrogens (primary N) is 1. The summed E-state index contributed by atoms with van der Waals surface area (Å²) in [6, 6.07) is 7.99. The molecule has 1 aromatic heterocycles. The fourth-order valence-electron chi connectivity index (χ4n) is 4.16. The van der Waals surface area contributed by atoms with Crippen molar-refractivity contribution in [1.82, 2.24) is 14.5 Å². The summed E-state index contributed by atoms with van der Waals surface area (Å²) < 4.78 is 1.98. The zero-order valence-electron chi connectivity index (χ0n) is 13.3. The summed E-state index contributed by atoms with van der Waals surface area (Å²) >= 11 is 0. The van der Waals surface area contributed by atoms with Crippen LogP contribution in [0, 0.1) is 11.8 Å². The Hall–Kier alpha value is -1.59. The summed E-state index contributed by atoms with van der Waals surface area (Å²) in [5.74, 6) is 1.28. The second-order valence-corrected chi connectivity index (χ2v) is 6.72. The van der Waals surface area contributed by atoms with Gasteiger partial charge in [-0.05, 0) is 43.7 Å². The monoisotopic (exact) mass is 334 g/mol. The van der Waals surface area contributed by atoms with E-state index in [0.29, 0.717) is 11.8 Å². The van der Waals surface area contributed by atoms with E-state index in [-0.39, 0.29) is 30.4 Å². The van der Waals surface area contributed by atoms with E-state index in [1.54, 1.807) is 6.33 Å². The molecule has 2 N–H and O–H groups in total. The van der Waals surface area contributed by atoms with Gasteiger partial charge >= 0.3 is 0 Å². The normalized spacial score (nSPS) is 27.7. The Labute approximate surface area is 142 Å². The predicted molar refractivity (Wildman–Crippen MR) is 92.5 cm³/mol. The minimum Gasteiger partial charge on any atom is -0.340 e. The number of imidazole rings is 1. The van der Waals surface area contributed by atoms with Crippen molar-refractivity contribution in [1.29, 1.82) is 0 Å². The smallest absolute Gasteiger partial charge is 0.245 e. The Morgan fingerprint density at radius 1 is 1.30 bits per heavy atom. The number of nitrogens with zero attached hydrogens (tertiary/aromatic N) is 3. The number of hydrogen-bond donors (Lipinski definition) is 1. The lowest BCUT2D eigenvalue weighted by molar-refractivity contribution is -0.133. The fraction of sp³-hybridized carbons (Fsp3) is 0.529. The van der Waals surface area contributed by atoms with Gasteiger partial charge in [0.1, 0.15) is 6.04 Å². The van der Waals surface area contributed by atoms with Crippen LogP contribution in [-0.4, -0.2) is 39.5 Å². The number of carbonyl (C=O) groups excluding carboxylic acids is 1. The van der Waals surface area contributed by atoms with Crippen LogP contribution >= 0.6 is 12.4 Å². The van der Waals surface area contributed by atoms with E-state index in [0.717, 1.165) is 37.0 Å². The van der Waals surface area contributed by atoms with Crippen LogP contribution in [-0.2, 0) is 4.79 Å². The van der Waals surface area contributed by atoms with Gasteiger partial charge in [0.25, 0.3) is 0 Å². The second kappa shape index (κ2) is 6.13. The third-order valence-electron chi connectivity index (χ3n) is 5.48. The van der Waals surface area contributed by atoms with E-state index in [1.807, 2.05) is 40.7 Å². The lowest BCUT2D eigenvalue weighted by Gasteiger charge is -2.23. The molecule has 4 unspecified atom stereocenters. The van der Waals surface area contributed by atoms with Crippen LogP contribution in [0.1, 0.15) is 25.8 Å². The van der Waals surface area contributed by atoms with Crippen LogP contribution in [0.25, 0.3) is 11.0 Å². The molecule has 4 atom stereocenters. The molecular formula is C17H23ClN4O. The van der Waals surface area contributed by atoms with Crippen LogP contribution in [0.2, 0.25) is 0 Å². The summed E-state index contributed by atoms with van der Waals surface area (Å²) in [5, 5.41) is 0. The first-order valence-corrected chi connectivity index (χ1v) is 8.11. The summed E-state index contributed by atoms with van der Waals surface area (Å²) in [7, 11) is 0. The van der Waals surface area contributed by atoms with E-state index >= 15 is 0 Å². The highest BCUT2D eigenvalue weighted by molar-refractivity contribution is 5.85. The van der Waals surface area contributed by atoms with Gasteiger partial charge in [-0.25, -0.2) is 4.98 Å². The summed E-state index contributed by atoms with van der Waals surface area (Å²) in [4.78, 5) is 19.3. The van der Waals surface area contributed by atoms with Gasteiger partial charge in [-0.2, -0.15) is 0 Å². The molecular weight excluding hydrogens is 312 g/mol. The first-order chi connectivity index (χ1) is 10.6. The van der Waals surface area contributed by atoms with Gasteiger partial charge in [-0.1, -0.05) is 12.1 Å². The number of halogens is 1. The number of fused-ring (bicyclic) bond motifs is 2. The van der Waals surface area contributed by atoms with Crippen molar-refractivity contribution in [2.75, 3.05) is 13.1 Å².